The molecule has 0 spiro atoms. The summed E-state index contributed by atoms with van der Waals surface area (Å²) in [4.78, 5) is 2.48. The summed E-state index contributed by atoms with van der Waals surface area (Å²) in [6, 6.07) is 0. The zero-order valence-electron chi connectivity index (χ0n) is 14.5. The molecule has 0 bridgehead atoms. The predicted octanol–water partition coefficient (Wildman–Crippen LogP) is 0.470. The van der Waals surface area contributed by atoms with Crippen LogP contribution in [0, 0.1) is 5.92 Å². The summed E-state index contributed by atoms with van der Waals surface area (Å²) in [7, 11) is 0. The van der Waals surface area contributed by atoms with Crippen molar-refractivity contribution in [1.29, 1.82) is 0 Å². The maximum atomic E-state index is 5.90. The summed E-state index contributed by atoms with van der Waals surface area (Å²) in [6.07, 6.45) is 2.20. The number of hydrogen-bond acceptors (Lipinski definition) is 6. The lowest BCUT2D eigenvalue weighted by atomic mass is 9.99. The minimum absolute atomic E-state index is 0.181. The van der Waals surface area contributed by atoms with Crippen molar-refractivity contribution in [3.63, 3.8) is 0 Å². The number of aromatic nitrogens is 3. The molecule has 130 valence electrons. The highest BCUT2D eigenvalue weighted by atomic mass is 16.5. The van der Waals surface area contributed by atoms with Crippen molar-refractivity contribution < 1.29 is 9.47 Å². The Labute approximate surface area is 138 Å². The minimum atomic E-state index is -0.242. The first-order valence-corrected chi connectivity index (χ1v) is 8.62. The van der Waals surface area contributed by atoms with Crippen LogP contribution in [0.1, 0.15) is 26.5 Å². The fraction of sp³-hybridized carbons (Fsp3) is 0.875. The molecular formula is C16H29N5O2. The summed E-state index contributed by atoms with van der Waals surface area (Å²) in [5, 5.41) is 12.1. The van der Waals surface area contributed by atoms with Gasteiger partial charge in [0.15, 0.2) is 0 Å². The SMILES string of the molecule is CC(C)CN1CCOC(Cn2cc(C3(C)COCCN3)nn2)C1. The van der Waals surface area contributed by atoms with Crippen LogP contribution in [0.5, 0.6) is 0 Å². The van der Waals surface area contributed by atoms with Crippen LogP contribution in [-0.2, 0) is 21.6 Å². The number of hydrogen-bond donors (Lipinski definition) is 1. The van der Waals surface area contributed by atoms with E-state index in [1.807, 2.05) is 10.9 Å². The number of morpholine rings is 2. The lowest BCUT2D eigenvalue weighted by molar-refractivity contribution is -0.0406. The van der Waals surface area contributed by atoms with Crippen molar-refractivity contribution in [3.8, 4) is 0 Å². The lowest BCUT2D eigenvalue weighted by Crippen LogP contribution is -2.49. The second-order valence-corrected chi connectivity index (χ2v) is 7.28. The van der Waals surface area contributed by atoms with Crippen molar-refractivity contribution >= 4 is 0 Å². The van der Waals surface area contributed by atoms with Gasteiger partial charge < -0.3 is 14.8 Å². The number of nitrogens with zero attached hydrogens (tertiary/aromatic N) is 4. The molecule has 1 N–H and O–H groups in total. The first-order valence-electron chi connectivity index (χ1n) is 8.62. The van der Waals surface area contributed by atoms with Gasteiger partial charge in [-0.05, 0) is 12.8 Å². The largest absolute Gasteiger partial charge is 0.378 e. The van der Waals surface area contributed by atoms with Crippen LogP contribution < -0.4 is 5.32 Å². The smallest absolute Gasteiger partial charge is 0.105 e. The van der Waals surface area contributed by atoms with Crippen LogP contribution in [0.3, 0.4) is 0 Å². The molecule has 1 aromatic heterocycles. The summed E-state index contributed by atoms with van der Waals surface area (Å²) >= 11 is 0. The molecule has 3 heterocycles. The van der Waals surface area contributed by atoms with E-state index in [0.717, 1.165) is 51.6 Å². The third-order valence-corrected chi connectivity index (χ3v) is 4.49. The molecule has 2 atom stereocenters. The van der Waals surface area contributed by atoms with Crippen LogP contribution >= 0.6 is 0 Å². The van der Waals surface area contributed by atoms with Gasteiger partial charge in [-0.25, -0.2) is 4.68 Å². The molecule has 0 radical (unpaired) electrons. The van der Waals surface area contributed by atoms with Crippen LogP contribution in [0.4, 0.5) is 0 Å². The zero-order valence-corrected chi connectivity index (χ0v) is 14.5. The standard InChI is InChI=1S/C16H29N5O2/c1-13(2)8-20-5-7-23-14(9-20)10-21-11-15(18-19-21)16(3)12-22-6-4-17-16/h11,13-14,17H,4-10,12H2,1-3H3. The van der Waals surface area contributed by atoms with Gasteiger partial charge in [-0.15, -0.1) is 5.10 Å². The average Bonchev–Trinajstić information content (AvgIpc) is 2.97. The topological polar surface area (TPSA) is 64.4 Å². The average molecular weight is 323 g/mol. The Kier molecular flexibility index (Phi) is 5.31. The van der Waals surface area contributed by atoms with Crippen molar-refractivity contribution in [1.82, 2.24) is 25.2 Å². The minimum Gasteiger partial charge on any atom is -0.378 e. The van der Waals surface area contributed by atoms with Gasteiger partial charge in [-0.1, -0.05) is 19.1 Å². The second kappa shape index (κ2) is 7.25. The van der Waals surface area contributed by atoms with E-state index >= 15 is 0 Å². The van der Waals surface area contributed by atoms with Gasteiger partial charge in [0.2, 0.25) is 0 Å². The Bertz CT molecular complexity index is 498. The number of ether oxygens (including phenoxy) is 2. The van der Waals surface area contributed by atoms with E-state index in [9.17, 15) is 0 Å². The van der Waals surface area contributed by atoms with Crippen LogP contribution in [0.15, 0.2) is 6.20 Å². The summed E-state index contributed by atoms with van der Waals surface area (Å²) in [5.41, 5.74) is 0.695. The van der Waals surface area contributed by atoms with Gasteiger partial charge in [0.05, 0.1) is 44.2 Å². The summed E-state index contributed by atoms with van der Waals surface area (Å²) < 4.78 is 13.4. The molecule has 7 heteroatoms. The molecule has 2 unspecified atom stereocenters. The normalized spacial score (nSPS) is 30.0. The Hall–Kier alpha value is -1.02. The van der Waals surface area contributed by atoms with E-state index in [1.165, 1.54) is 0 Å². The highest BCUT2D eigenvalue weighted by molar-refractivity contribution is 5.10. The molecule has 3 rings (SSSR count). The quantitative estimate of drug-likeness (QED) is 0.850. The monoisotopic (exact) mass is 323 g/mol. The summed E-state index contributed by atoms with van der Waals surface area (Å²) in [5.74, 6) is 0.684. The first-order chi connectivity index (χ1) is 11.0. The lowest BCUT2D eigenvalue weighted by Gasteiger charge is -2.34. The maximum absolute atomic E-state index is 5.90. The van der Waals surface area contributed by atoms with Crippen LogP contribution in [0.25, 0.3) is 0 Å². The van der Waals surface area contributed by atoms with Gasteiger partial charge in [-0.2, -0.15) is 0 Å². The molecule has 0 aliphatic carbocycles. The predicted molar refractivity (Wildman–Crippen MR) is 87.2 cm³/mol. The molecule has 2 aliphatic heterocycles. The zero-order chi connectivity index (χ0) is 16.3. The van der Waals surface area contributed by atoms with E-state index in [4.69, 9.17) is 9.47 Å². The molecule has 2 fully saturated rings. The van der Waals surface area contributed by atoms with Gasteiger partial charge in [0.25, 0.3) is 0 Å². The van der Waals surface area contributed by atoms with E-state index in [2.05, 4.69) is 41.3 Å². The Morgan fingerprint density at radius 2 is 2.30 bits per heavy atom. The second-order valence-electron chi connectivity index (χ2n) is 7.28. The van der Waals surface area contributed by atoms with Gasteiger partial charge in [0, 0.05) is 26.2 Å². The third-order valence-electron chi connectivity index (χ3n) is 4.49. The molecule has 2 saturated heterocycles. The Morgan fingerprint density at radius 3 is 3.04 bits per heavy atom. The van der Waals surface area contributed by atoms with Crippen molar-refractivity contribution in [2.24, 2.45) is 5.92 Å². The van der Waals surface area contributed by atoms with E-state index in [1.54, 1.807) is 0 Å². The van der Waals surface area contributed by atoms with Gasteiger partial charge in [-0.3, -0.25) is 4.90 Å². The highest BCUT2D eigenvalue weighted by Crippen LogP contribution is 2.21. The van der Waals surface area contributed by atoms with E-state index in [0.29, 0.717) is 12.5 Å². The van der Waals surface area contributed by atoms with E-state index < -0.39 is 0 Å². The molecule has 23 heavy (non-hydrogen) atoms. The van der Waals surface area contributed by atoms with Crippen LogP contribution in [0.2, 0.25) is 0 Å². The fourth-order valence-electron chi connectivity index (χ4n) is 3.31. The van der Waals surface area contributed by atoms with Gasteiger partial charge >= 0.3 is 0 Å². The Balaban J connectivity index is 1.58. The number of nitrogens with one attached hydrogen (secondary N) is 1. The molecular weight excluding hydrogens is 294 g/mol. The van der Waals surface area contributed by atoms with Crippen LogP contribution in [-0.4, -0.2) is 72.0 Å². The molecule has 1 aromatic rings. The number of rotatable bonds is 5. The highest BCUT2D eigenvalue weighted by Gasteiger charge is 2.32. The maximum Gasteiger partial charge on any atom is 0.105 e. The van der Waals surface area contributed by atoms with Crippen molar-refractivity contribution in [3.05, 3.63) is 11.9 Å². The molecule has 0 saturated carbocycles. The molecule has 0 amide bonds. The fourth-order valence-corrected chi connectivity index (χ4v) is 3.31. The van der Waals surface area contributed by atoms with Crippen molar-refractivity contribution in [2.45, 2.75) is 39.0 Å². The van der Waals surface area contributed by atoms with Gasteiger partial charge in [0.1, 0.15) is 5.69 Å². The molecule has 2 aliphatic rings. The summed E-state index contributed by atoms with van der Waals surface area (Å²) in [6.45, 7) is 13.5. The van der Waals surface area contributed by atoms with E-state index in [-0.39, 0.29) is 11.6 Å². The van der Waals surface area contributed by atoms with Crippen molar-refractivity contribution in [2.75, 3.05) is 46.0 Å². The molecule has 0 aromatic carbocycles. The first kappa shape index (κ1) is 16.8. The Morgan fingerprint density at radius 1 is 1.43 bits per heavy atom. The molecule has 7 nitrogen and oxygen atoms in total. The third kappa shape index (κ3) is 4.29.